The Kier molecular flexibility index (Phi) is 5.34. The lowest BCUT2D eigenvalue weighted by Crippen LogP contribution is -2.34. The predicted molar refractivity (Wildman–Crippen MR) is 80.1 cm³/mol. The molecule has 1 fully saturated rings. The van der Waals surface area contributed by atoms with Crippen molar-refractivity contribution in [2.24, 2.45) is 0 Å². The number of pyridine rings is 1. The summed E-state index contributed by atoms with van der Waals surface area (Å²) in [4.78, 5) is 6.68. The zero-order valence-electron chi connectivity index (χ0n) is 12.5. The van der Waals surface area contributed by atoms with Crippen LogP contribution in [0.1, 0.15) is 51.6 Å². The van der Waals surface area contributed by atoms with Gasteiger partial charge in [-0.3, -0.25) is 4.98 Å². The first-order chi connectivity index (χ1) is 9.16. The molecular formula is C16H27N3. The molecule has 1 unspecified atom stereocenters. The van der Waals surface area contributed by atoms with Crippen LogP contribution in [0.4, 0.5) is 0 Å². The zero-order valence-corrected chi connectivity index (χ0v) is 12.5. The fraction of sp³-hybridized carbons (Fsp3) is 0.688. The Hall–Kier alpha value is -0.930. The van der Waals surface area contributed by atoms with E-state index in [0.717, 1.165) is 0 Å². The zero-order chi connectivity index (χ0) is 13.7. The van der Waals surface area contributed by atoms with Crippen molar-refractivity contribution in [2.45, 2.75) is 58.2 Å². The van der Waals surface area contributed by atoms with Crippen LogP contribution in [0.2, 0.25) is 0 Å². The number of nitrogens with zero attached hydrogens (tertiary/aromatic N) is 2. The van der Waals surface area contributed by atoms with Crippen molar-refractivity contribution < 1.29 is 0 Å². The molecule has 0 aromatic carbocycles. The Morgan fingerprint density at radius 2 is 1.89 bits per heavy atom. The van der Waals surface area contributed by atoms with Crippen LogP contribution in [-0.4, -0.2) is 35.1 Å². The largest absolute Gasteiger partial charge is 0.307 e. The lowest BCUT2D eigenvalue weighted by Gasteiger charge is -2.25. The highest BCUT2D eigenvalue weighted by Gasteiger charge is 2.20. The SMILES string of the molecule is CC(C)N1CCCC(N[C@H](C)c2ccncc2)CC1. The lowest BCUT2D eigenvalue weighted by molar-refractivity contribution is 0.228. The summed E-state index contributed by atoms with van der Waals surface area (Å²) in [5, 5.41) is 3.78. The lowest BCUT2D eigenvalue weighted by atomic mass is 10.1. The van der Waals surface area contributed by atoms with Gasteiger partial charge >= 0.3 is 0 Å². The molecule has 1 aliphatic heterocycles. The normalized spacial score (nSPS) is 23.3. The van der Waals surface area contributed by atoms with Crippen molar-refractivity contribution in [3.8, 4) is 0 Å². The van der Waals surface area contributed by atoms with Crippen LogP contribution in [0.5, 0.6) is 0 Å². The summed E-state index contributed by atoms with van der Waals surface area (Å²) in [6, 6.07) is 5.95. The van der Waals surface area contributed by atoms with Gasteiger partial charge in [0.1, 0.15) is 0 Å². The summed E-state index contributed by atoms with van der Waals surface area (Å²) >= 11 is 0. The van der Waals surface area contributed by atoms with E-state index >= 15 is 0 Å². The van der Waals surface area contributed by atoms with Crippen molar-refractivity contribution in [1.29, 1.82) is 0 Å². The minimum Gasteiger partial charge on any atom is -0.307 e. The molecular weight excluding hydrogens is 234 g/mol. The summed E-state index contributed by atoms with van der Waals surface area (Å²) < 4.78 is 0. The number of hydrogen-bond donors (Lipinski definition) is 1. The van der Waals surface area contributed by atoms with E-state index in [1.54, 1.807) is 0 Å². The molecule has 3 heteroatoms. The highest BCUT2D eigenvalue weighted by molar-refractivity contribution is 5.14. The van der Waals surface area contributed by atoms with E-state index < -0.39 is 0 Å². The third-order valence-electron chi connectivity index (χ3n) is 4.18. The molecule has 1 aromatic heterocycles. The molecule has 19 heavy (non-hydrogen) atoms. The van der Waals surface area contributed by atoms with Gasteiger partial charge < -0.3 is 10.2 Å². The molecule has 2 atom stereocenters. The van der Waals surface area contributed by atoms with E-state index in [9.17, 15) is 0 Å². The smallest absolute Gasteiger partial charge is 0.0295 e. The molecule has 1 aliphatic rings. The van der Waals surface area contributed by atoms with Gasteiger partial charge in [0, 0.05) is 30.5 Å². The minimum atomic E-state index is 0.415. The van der Waals surface area contributed by atoms with E-state index in [4.69, 9.17) is 0 Å². The Morgan fingerprint density at radius 3 is 2.58 bits per heavy atom. The van der Waals surface area contributed by atoms with Gasteiger partial charge in [0.05, 0.1) is 0 Å². The molecule has 0 aliphatic carbocycles. The first-order valence-electron chi connectivity index (χ1n) is 7.57. The second-order valence-corrected chi connectivity index (χ2v) is 5.93. The Bertz CT molecular complexity index is 364. The maximum Gasteiger partial charge on any atom is 0.0295 e. The van der Waals surface area contributed by atoms with Gasteiger partial charge in [0.25, 0.3) is 0 Å². The van der Waals surface area contributed by atoms with Gasteiger partial charge in [-0.1, -0.05) is 0 Å². The number of nitrogens with one attached hydrogen (secondary N) is 1. The van der Waals surface area contributed by atoms with Gasteiger partial charge in [-0.25, -0.2) is 0 Å². The quantitative estimate of drug-likeness (QED) is 0.903. The molecule has 0 radical (unpaired) electrons. The monoisotopic (exact) mass is 261 g/mol. The molecule has 0 bridgehead atoms. The van der Waals surface area contributed by atoms with Gasteiger partial charge in [-0.15, -0.1) is 0 Å². The van der Waals surface area contributed by atoms with E-state index in [1.807, 2.05) is 12.4 Å². The van der Waals surface area contributed by atoms with E-state index in [2.05, 4.69) is 48.1 Å². The first-order valence-corrected chi connectivity index (χ1v) is 7.57. The fourth-order valence-electron chi connectivity index (χ4n) is 2.90. The molecule has 3 nitrogen and oxygen atoms in total. The first kappa shape index (κ1) is 14.5. The van der Waals surface area contributed by atoms with E-state index in [1.165, 1.54) is 37.9 Å². The van der Waals surface area contributed by atoms with E-state index in [-0.39, 0.29) is 0 Å². The Morgan fingerprint density at radius 1 is 1.16 bits per heavy atom. The summed E-state index contributed by atoms with van der Waals surface area (Å²) in [6.07, 6.45) is 7.60. The molecule has 2 rings (SSSR count). The molecule has 106 valence electrons. The number of hydrogen-bond acceptors (Lipinski definition) is 3. The standard InChI is InChI=1S/C16H27N3/c1-13(2)19-11-4-5-16(8-12-19)18-14(3)15-6-9-17-10-7-15/h6-7,9-10,13-14,16,18H,4-5,8,11-12H2,1-3H3/t14-,16?/m1/s1. The Balaban J connectivity index is 1.86. The van der Waals surface area contributed by atoms with Crippen LogP contribution in [0.3, 0.4) is 0 Å². The van der Waals surface area contributed by atoms with Crippen LogP contribution < -0.4 is 5.32 Å². The average molecular weight is 261 g/mol. The molecule has 1 N–H and O–H groups in total. The van der Waals surface area contributed by atoms with E-state index in [0.29, 0.717) is 18.1 Å². The molecule has 2 heterocycles. The van der Waals surface area contributed by atoms with Gasteiger partial charge in [-0.2, -0.15) is 0 Å². The second kappa shape index (κ2) is 7.01. The van der Waals surface area contributed by atoms with Crippen molar-refractivity contribution in [1.82, 2.24) is 15.2 Å². The average Bonchev–Trinajstić information content (AvgIpc) is 2.65. The predicted octanol–water partition coefficient (Wildman–Crippen LogP) is 3.00. The third kappa shape index (κ3) is 4.29. The minimum absolute atomic E-state index is 0.415. The summed E-state index contributed by atoms with van der Waals surface area (Å²) in [5.74, 6) is 0. The van der Waals surface area contributed by atoms with Crippen molar-refractivity contribution in [3.63, 3.8) is 0 Å². The molecule has 1 saturated heterocycles. The van der Waals surface area contributed by atoms with Gasteiger partial charge in [0.2, 0.25) is 0 Å². The fourth-order valence-corrected chi connectivity index (χ4v) is 2.90. The maximum atomic E-state index is 4.08. The van der Waals surface area contributed by atoms with Gasteiger partial charge in [0.15, 0.2) is 0 Å². The number of rotatable bonds is 4. The molecule has 0 amide bonds. The topological polar surface area (TPSA) is 28.2 Å². The highest BCUT2D eigenvalue weighted by atomic mass is 15.1. The summed E-state index contributed by atoms with van der Waals surface area (Å²) in [5.41, 5.74) is 1.33. The Labute approximate surface area is 117 Å². The van der Waals surface area contributed by atoms with Crippen LogP contribution in [-0.2, 0) is 0 Å². The van der Waals surface area contributed by atoms with Crippen molar-refractivity contribution >= 4 is 0 Å². The van der Waals surface area contributed by atoms with Crippen LogP contribution in [0, 0.1) is 0 Å². The van der Waals surface area contributed by atoms with Gasteiger partial charge in [-0.05, 0) is 70.8 Å². The molecule has 0 saturated carbocycles. The summed E-state index contributed by atoms with van der Waals surface area (Å²) in [6.45, 7) is 9.32. The third-order valence-corrected chi connectivity index (χ3v) is 4.18. The molecule has 0 spiro atoms. The molecule has 1 aromatic rings. The van der Waals surface area contributed by atoms with Crippen molar-refractivity contribution in [2.75, 3.05) is 13.1 Å². The maximum absolute atomic E-state index is 4.08. The highest BCUT2D eigenvalue weighted by Crippen LogP contribution is 2.18. The van der Waals surface area contributed by atoms with Crippen LogP contribution >= 0.6 is 0 Å². The second-order valence-electron chi connectivity index (χ2n) is 5.93. The van der Waals surface area contributed by atoms with Crippen LogP contribution in [0.25, 0.3) is 0 Å². The summed E-state index contributed by atoms with van der Waals surface area (Å²) in [7, 11) is 0. The van der Waals surface area contributed by atoms with Crippen LogP contribution in [0.15, 0.2) is 24.5 Å². The number of aromatic nitrogens is 1. The number of likely N-dealkylation sites (tertiary alicyclic amines) is 1. The van der Waals surface area contributed by atoms with Crippen molar-refractivity contribution in [3.05, 3.63) is 30.1 Å².